The highest BCUT2D eigenvalue weighted by atomic mass is 32.2. The van der Waals surface area contributed by atoms with Gasteiger partial charge in [0.05, 0.1) is 28.8 Å². The Morgan fingerprint density at radius 2 is 2.00 bits per heavy atom. The predicted molar refractivity (Wildman–Crippen MR) is 139 cm³/mol. The molecule has 1 saturated heterocycles. The summed E-state index contributed by atoms with van der Waals surface area (Å²) in [7, 11) is -3.81. The van der Waals surface area contributed by atoms with E-state index in [1.54, 1.807) is 18.2 Å². The van der Waals surface area contributed by atoms with Gasteiger partial charge in [-0.1, -0.05) is 29.8 Å². The Morgan fingerprint density at radius 3 is 2.69 bits per heavy atom. The van der Waals surface area contributed by atoms with Crippen LogP contribution in [0.5, 0.6) is 5.75 Å². The molecule has 36 heavy (non-hydrogen) atoms. The lowest BCUT2D eigenvalue weighted by molar-refractivity contribution is -0.167. The molecule has 1 amide bonds. The Kier molecular flexibility index (Phi) is 8.30. The standard InChI is InChI=1S/C26H28N2O6S2/c1-18-13-21(25-5-3-4-6-26(25)27-18)15-33-23-7-9-24(10-8-23)36(31,32)17-22(28(30)19(2)29)14-20-11-12-34-35-16-20/h3-10,13-14,22,30H,11-12,15-17H2,1-2H3. The number of amides is 1. The van der Waals surface area contributed by atoms with Crippen LogP contribution in [0.25, 0.3) is 10.9 Å². The van der Waals surface area contributed by atoms with Crippen LogP contribution in [0.4, 0.5) is 0 Å². The maximum Gasteiger partial charge on any atom is 0.243 e. The van der Waals surface area contributed by atoms with Crippen LogP contribution in [-0.2, 0) is 25.4 Å². The largest absolute Gasteiger partial charge is 0.489 e. The normalized spacial score (nSPS) is 16.1. The molecule has 0 aliphatic carbocycles. The smallest absolute Gasteiger partial charge is 0.243 e. The molecule has 190 valence electrons. The molecule has 3 aromatic rings. The molecule has 1 N–H and O–H groups in total. The number of hydrogen-bond acceptors (Lipinski definition) is 8. The maximum absolute atomic E-state index is 13.1. The second-order valence-corrected chi connectivity index (χ2v) is 11.4. The van der Waals surface area contributed by atoms with Crippen molar-refractivity contribution in [3.63, 3.8) is 0 Å². The van der Waals surface area contributed by atoms with Crippen LogP contribution >= 0.6 is 12.0 Å². The van der Waals surface area contributed by atoms with E-state index in [0.717, 1.165) is 27.7 Å². The van der Waals surface area contributed by atoms with E-state index in [-0.39, 0.29) is 4.90 Å². The van der Waals surface area contributed by atoms with E-state index in [2.05, 4.69) is 4.98 Å². The fraction of sp³-hybridized carbons (Fsp3) is 0.308. The molecule has 1 atom stereocenters. The molecule has 2 aromatic carbocycles. The number of para-hydroxylation sites is 1. The van der Waals surface area contributed by atoms with Crippen molar-refractivity contribution in [1.29, 1.82) is 0 Å². The van der Waals surface area contributed by atoms with E-state index in [0.29, 0.717) is 36.2 Å². The number of carbonyl (C=O) groups excluding carboxylic acids is 1. The van der Waals surface area contributed by atoms with Crippen LogP contribution in [0.1, 0.15) is 24.6 Å². The molecule has 8 nitrogen and oxygen atoms in total. The summed E-state index contributed by atoms with van der Waals surface area (Å²) in [5, 5.41) is 11.7. The molecular formula is C26H28N2O6S2. The molecule has 0 radical (unpaired) electrons. The van der Waals surface area contributed by atoms with Crippen LogP contribution in [0.3, 0.4) is 0 Å². The van der Waals surface area contributed by atoms with Crippen LogP contribution in [0.2, 0.25) is 0 Å². The van der Waals surface area contributed by atoms with E-state index in [4.69, 9.17) is 8.92 Å². The van der Waals surface area contributed by atoms with E-state index in [1.807, 2.05) is 37.3 Å². The van der Waals surface area contributed by atoms with Gasteiger partial charge in [-0.25, -0.2) is 13.5 Å². The number of benzene rings is 2. The lowest BCUT2D eigenvalue weighted by Gasteiger charge is -2.24. The van der Waals surface area contributed by atoms with Crippen LogP contribution in [0, 0.1) is 6.92 Å². The van der Waals surface area contributed by atoms with Gasteiger partial charge in [0.25, 0.3) is 0 Å². The number of hydrogen-bond donors (Lipinski definition) is 1. The number of aromatic nitrogens is 1. The second-order valence-electron chi connectivity index (χ2n) is 8.57. The average molecular weight is 529 g/mol. The minimum absolute atomic E-state index is 0.0850. The average Bonchev–Trinajstić information content (AvgIpc) is 2.87. The lowest BCUT2D eigenvalue weighted by Crippen LogP contribution is -2.40. The van der Waals surface area contributed by atoms with Crippen molar-refractivity contribution in [2.24, 2.45) is 0 Å². The highest BCUT2D eigenvalue weighted by molar-refractivity contribution is 7.94. The summed E-state index contributed by atoms with van der Waals surface area (Å²) in [6.45, 7) is 3.93. The van der Waals surface area contributed by atoms with Gasteiger partial charge in [0, 0.05) is 29.3 Å². The Labute approximate surface area is 215 Å². The highest BCUT2D eigenvalue weighted by Crippen LogP contribution is 2.25. The van der Waals surface area contributed by atoms with Gasteiger partial charge in [-0.3, -0.25) is 15.0 Å². The SMILES string of the molecule is CC(=O)N(O)C(C=C1CCOSC1)CS(=O)(=O)c1ccc(OCc2cc(C)nc3ccccc23)cc1. The first-order valence-electron chi connectivity index (χ1n) is 11.5. The van der Waals surface area contributed by atoms with E-state index >= 15 is 0 Å². The summed E-state index contributed by atoms with van der Waals surface area (Å²) >= 11 is 1.27. The van der Waals surface area contributed by atoms with Gasteiger partial charge in [-0.2, -0.15) is 0 Å². The van der Waals surface area contributed by atoms with Gasteiger partial charge in [-0.15, -0.1) is 0 Å². The van der Waals surface area contributed by atoms with Gasteiger partial charge in [0.1, 0.15) is 12.4 Å². The van der Waals surface area contributed by atoms with Crippen LogP contribution in [0.15, 0.2) is 71.1 Å². The number of carbonyl (C=O) groups is 1. The third-order valence-electron chi connectivity index (χ3n) is 5.80. The summed E-state index contributed by atoms with van der Waals surface area (Å²) in [6, 6.07) is 15.0. The Bertz CT molecular complexity index is 1360. The molecule has 0 bridgehead atoms. The second kappa shape index (κ2) is 11.4. The fourth-order valence-electron chi connectivity index (χ4n) is 3.99. The Morgan fingerprint density at radius 1 is 1.25 bits per heavy atom. The zero-order valence-electron chi connectivity index (χ0n) is 20.1. The molecule has 10 heteroatoms. The topological polar surface area (TPSA) is 106 Å². The third-order valence-corrected chi connectivity index (χ3v) is 8.39. The lowest BCUT2D eigenvalue weighted by atomic mass is 10.1. The van der Waals surface area contributed by atoms with Crippen LogP contribution < -0.4 is 4.74 Å². The number of ether oxygens (including phenoxy) is 1. The molecule has 1 fully saturated rings. The van der Waals surface area contributed by atoms with Crippen molar-refractivity contribution in [1.82, 2.24) is 10.0 Å². The van der Waals surface area contributed by atoms with Gasteiger partial charge < -0.3 is 8.92 Å². The molecule has 1 aliphatic rings. The summed E-state index contributed by atoms with van der Waals surface area (Å²) in [5.41, 5.74) is 3.70. The van der Waals surface area contributed by atoms with Gasteiger partial charge in [-0.05, 0) is 61.8 Å². The first kappa shape index (κ1) is 26.2. The summed E-state index contributed by atoms with van der Waals surface area (Å²) < 4.78 is 37.4. The number of pyridine rings is 1. The van der Waals surface area contributed by atoms with Gasteiger partial charge >= 0.3 is 0 Å². The maximum atomic E-state index is 13.1. The molecule has 4 rings (SSSR count). The van der Waals surface area contributed by atoms with Crippen molar-refractivity contribution in [3.8, 4) is 5.75 Å². The molecular weight excluding hydrogens is 500 g/mol. The summed E-state index contributed by atoms with van der Waals surface area (Å²) in [4.78, 5) is 16.4. The van der Waals surface area contributed by atoms with Crippen molar-refractivity contribution in [3.05, 3.63) is 77.5 Å². The number of fused-ring (bicyclic) bond motifs is 1. The minimum atomic E-state index is -3.81. The zero-order valence-corrected chi connectivity index (χ0v) is 21.7. The number of aryl methyl sites for hydroxylation is 1. The Balaban J connectivity index is 1.48. The fourth-order valence-corrected chi connectivity index (χ4v) is 6.09. The number of sulfone groups is 1. The third kappa shape index (κ3) is 6.44. The van der Waals surface area contributed by atoms with Crippen molar-refractivity contribution >= 4 is 38.7 Å². The van der Waals surface area contributed by atoms with Gasteiger partial charge in [0.15, 0.2) is 9.84 Å². The van der Waals surface area contributed by atoms with Gasteiger partial charge in [0.2, 0.25) is 5.91 Å². The van der Waals surface area contributed by atoms with Crippen molar-refractivity contribution in [2.45, 2.75) is 37.8 Å². The zero-order chi connectivity index (χ0) is 25.7. The summed E-state index contributed by atoms with van der Waals surface area (Å²) in [6.07, 6.45) is 2.26. The minimum Gasteiger partial charge on any atom is -0.489 e. The highest BCUT2D eigenvalue weighted by Gasteiger charge is 2.27. The monoisotopic (exact) mass is 528 g/mol. The predicted octanol–water partition coefficient (Wildman–Crippen LogP) is 4.50. The molecule has 1 aromatic heterocycles. The number of nitrogens with zero attached hydrogens (tertiary/aromatic N) is 2. The van der Waals surface area contributed by atoms with E-state index in [1.165, 1.54) is 31.1 Å². The van der Waals surface area contributed by atoms with E-state index in [9.17, 15) is 18.4 Å². The number of hydroxylamine groups is 2. The molecule has 0 spiro atoms. The Hall–Kier alpha value is -2.92. The first-order chi connectivity index (χ1) is 17.2. The first-order valence-corrected chi connectivity index (χ1v) is 14.0. The van der Waals surface area contributed by atoms with Crippen molar-refractivity contribution in [2.75, 3.05) is 18.1 Å². The molecule has 2 heterocycles. The quantitative estimate of drug-likeness (QED) is 0.197. The molecule has 0 saturated carbocycles. The van der Waals surface area contributed by atoms with Crippen molar-refractivity contribution < 1.29 is 27.3 Å². The molecule has 1 unspecified atom stereocenters. The van der Waals surface area contributed by atoms with E-state index < -0.39 is 27.5 Å². The number of rotatable bonds is 8. The summed E-state index contributed by atoms with van der Waals surface area (Å²) in [5.74, 6) is 0.00795. The van der Waals surface area contributed by atoms with Crippen LogP contribution in [-0.4, -0.2) is 53.7 Å². The molecule has 1 aliphatic heterocycles.